The molecule has 0 radical (unpaired) electrons. The number of anilines is 1. The summed E-state index contributed by atoms with van der Waals surface area (Å²) in [6.45, 7) is 0. The standard InChI is InChI=1S/C10H11NO4S/c12-8-5-16-11(9(8)13)7-3-1-2-6(4-7)10(14)15/h1-4,8-9,12-13H,5H2,(H,14,15). The van der Waals surface area contributed by atoms with Crippen molar-refractivity contribution in [1.29, 1.82) is 0 Å². The molecule has 2 atom stereocenters. The Labute approximate surface area is 96.4 Å². The van der Waals surface area contributed by atoms with Crippen molar-refractivity contribution in [3.63, 3.8) is 0 Å². The molecular formula is C10H11NO4S. The van der Waals surface area contributed by atoms with Crippen LogP contribution in [0.1, 0.15) is 10.4 Å². The van der Waals surface area contributed by atoms with E-state index >= 15 is 0 Å². The van der Waals surface area contributed by atoms with E-state index in [1.54, 1.807) is 12.1 Å². The molecule has 0 amide bonds. The minimum absolute atomic E-state index is 0.159. The first-order valence-electron chi connectivity index (χ1n) is 4.71. The molecule has 86 valence electrons. The first-order valence-corrected chi connectivity index (χ1v) is 5.65. The number of aliphatic hydroxyl groups is 2. The Bertz CT molecular complexity index is 412. The number of aliphatic hydroxyl groups excluding tert-OH is 2. The summed E-state index contributed by atoms with van der Waals surface area (Å²) in [6, 6.07) is 6.25. The first kappa shape index (κ1) is 11.3. The molecule has 1 aromatic rings. The van der Waals surface area contributed by atoms with Gasteiger partial charge in [-0.15, -0.1) is 0 Å². The van der Waals surface area contributed by atoms with Gasteiger partial charge in [0.1, 0.15) is 6.10 Å². The van der Waals surface area contributed by atoms with Crippen LogP contribution in [-0.4, -0.2) is 39.4 Å². The maximum absolute atomic E-state index is 10.8. The lowest BCUT2D eigenvalue weighted by atomic mass is 10.2. The van der Waals surface area contributed by atoms with Crippen LogP contribution < -0.4 is 4.31 Å². The molecule has 0 bridgehead atoms. The number of aromatic carboxylic acids is 1. The molecule has 0 aliphatic carbocycles. The second-order valence-corrected chi connectivity index (χ2v) is 4.44. The Kier molecular flexibility index (Phi) is 3.04. The Morgan fingerprint density at radius 2 is 2.19 bits per heavy atom. The fourth-order valence-electron chi connectivity index (χ4n) is 1.48. The number of carboxylic acid groups (broad SMARTS) is 1. The third-order valence-electron chi connectivity index (χ3n) is 2.32. The van der Waals surface area contributed by atoms with Gasteiger partial charge in [0.25, 0.3) is 0 Å². The van der Waals surface area contributed by atoms with Crippen LogP contribution in [-0.2, 0) is 0 Å². The highest BCUT2D eigenvalue weighted by atomic mass is 32.2. The van der Waals surface area contributed by atoms with Gasteiger partial charge in [0.05, 0.1) is 11.3 Å². The highest BCUT2D eigenvalue weighted by Gasteiger charge is 2.32. The number of carboxylic acids is 1. The number of rotatable bonds is 2. The lowest BCUT2D eigenvalue weighted by Crippen LogP contribution is -2.32. The van der Waals surface area contributed by atoms with E-state index in [9.17, 15) is 15.0 Å². The van der Waals surface area contributed by atoms with Crippen LogP contribution in [0.25, 0.3) is 0 Å². The van der Waals surface area contributed by atoms with E-state index in [4.69, 9.17) is 5.11 Å². The van der Waals surface area contributed by atoms with E-state index in [1.165, 1.54) is 28.4 Å². The Morgan fingerprint density at radius 3 is 2.75 bits per heavy atom. The molecule has 3 N–H and O–H groups in total. The summed E-state index contributed by atoms with van der Waals surface area (Å²) in [5.41, 5.74) is 0.737. The lowest BCUT2D eigenvalue weighted by Gasteiger charge is -2.21. The van der Waals surface area contributed by atoms with Crippen molar-refractivity contribution in [2.75, 3.05) is 10.1 Å². The number of carbonyl (C=O) groups is 1. The molecule has 5 nitrogen and oxygen atoms in total. The van der Waals surface area contributed by atoms with Gasteiger partial charge in [0, 0.05) is 5.75 Å². The lowest BCUT2D eigenvalue weighted by molar-refractivity contribution is 0.0515. The summed E-state index contributed by atoms with van der Waals surface area (Å²) in [7, 11) is 0. The predicted octanol–water partition coefficient (Wildman–Crippen LogP) is 0.532. The van der Waals surface area contributed by atoms with Gasteiger partial charge in [-0.05, 0) is 30.1 Å². The van der Waals surface area contributed by atoms with Gasteiger partial charge in [-0.2, -0.15) is 0 Å². The summed E-state index contributed by atoms with van der Waals surface area (Å²) < 4.78 is 1.51. The van der Waals surface area contributed by atoms with E-state index in [0.29, 0.717) is 11.4 Å². The molecule has 1 aromatic carbocycles. The van der Waals surface area contributed by atoms with Crippen molar-refractivity contribution < 1.29 is 20.1 Å². The Hall–Kier alpha value is -1.24. The highest BCUT2D eigenvalue weighted by molar-refractivity contribution is 8.01. The molecule has 16 heavy (non-hydrogen) atoms. The third kappa shape index (κ3) is 1.99. The van der Waals surface area contributed by atoms with Gasteiger partial charge in [0.2, 0.25) is 0 Å². The summed E-state index contributed by atoms with van der Waals surface area (Å²) in [5, 5.41) is 27.9. The van der Waals surface area contributed by atoms with Crippen LogP contribution in [0.15, 0.2) is 24.3 Å². The molecule has 1 saturated heterocycles. The average Bonchev–Trinajstić information content (AvgIpc) is 2.60. The summed E-state index contributed by atoms with van der Waals surface area (Å²) in [6.07, 6.45) is -1.80. The monoisotopic (exact) mass is 241 g/mol. The molecule has 0 saturated carbocycles. The van der Waals surface area contributed by atoms with Crippen molar-refractivity contribution in [2.24, 2.45) is 0 Å². The van der Waals surface area contributed by atoms with Crippen LogP contribution in [0, 0.1) is 0 Å². The average molecular weight is 241 g/mol. The third-order valence-corrected chi connectivity index (χ3v) is 3.51. The molecule has 2 unspecified atom stereocenters. The molecular weight excluding hydrogens is 230 g/mol. The molecule has 1 fully saturated rings. The Balaban J connectivity index is 2.27. The van der Waals surface area contributed by atoms with Crippen LogP contribution in [0.4, 0.5) is 5.69 Å². The Morgan fingerprint density at radius 1 is 1.44 bits per heavy atom. The van der Waals surface area contributed by atoms with Gasteiger partial charge >= 0.3 is 5.97 Å². The van der Waals surface area contributed by atoms with Crippen molar-refractivity contribution in [3.05, 3.63) is 29.8 Å². The van der Waals surface area contributed by atoms with Gasteiger partial charge in [-0.25, -0.2) is 4.79 Å². The molecule has 1 aliphatic rings. The summed E-state index contributed by atoms with van der Waals surface area (Å²) >= 11 is 1.27. The number of benzene rings is 1. The molecule has 1 heterocycles. The van der Waals surface area contributed by atoms with Gasteiger partial charge in [0.15, 0.2) is 6.23 Å². The zero-order valence-electron chi connectivity index (χ0n) is 8.28. The largest absolute Gasteiger partial charge is 0.478 e. The van der Waals surface area contributed by atoms with Crippen LogP contribution in [0.3, 0.4) is 0 Å². The zero-order valence-corrected chi connectivity index (χ0v) is 9.09. The molecule has 0 aromatic heterocycles. The van der Waals surface area contributed by atoms with Gasteiger partial charge in [-0.3, -0.25) is 4.31 Å². The molecule has 2 rings (SSSR count). The number of hydrogen-bond acceptors (Lipinski definition) is 5. The van der Waals surface area contributed by atoms with E-state index in [1.807, 2.05) is 0 Å². The quantitative estimate of drug-likeness (QED) is 0.655. The SMILES string of the molecule is O=C(O)c1cccc(N2SCC(O)C2O)c1. The molecule has 1 aliphatic heterocycles. The fourth-order valence-corrected chi connectivity index (χ4v) is 2.52. The second-order valence-electron chi connectivity index (χ2n) is 3.46. The maximum Gasteiger partial charge on any atom is 0.335 e. The molecule has 6 heteroatoms. The van der Waals surface area contributed by atoms with Crippen molar-refractivity contribution in [2.45, 2.75) is 12.3 Å². The van der Waals surface area contributed by atoms with Crippen LogP contribution >= 0.6 is 11.9 Å². The minimum atomic E-state index is -1.01. The van der Waals surface area contributed by atoms with Crippen molar-refractivity contribution in [1.82, 2.24) is 0 Å². The summed E-state index contributed by atoms with van der Waals surface area (Å²) in [5.74, 6) is -0.612. The minimum Gasteiger partial charge on any atom is -0.478 e. The van der Waals surface area contributed by atoms with Crippen molar-refractivity contribution in [3.8, 4) is 0 Å². The first-order chi connectivity index (χ1) is 7.59. The van der Waals surface area contributed by atoms with Gasteiger partial charge < -0.3 is 15.3 Å². The highest BCUT2D eigenvalue weighted by Crippen LogP contribution is 2.32. The smallest absolute Gasteiger partial charge is 0.335 e. The predicted molar refractivity (Wildman–Crippen MR) is 60.4 cm³/mol. The number of nitrogens with zero attached hydrogens (tertiary/aromatic N) is 1. The fraction of sp³-hybridized carbons (Fsp3) is 0.300. The van der Waals surface area contributed by atoms with E-state index in [2.05, 4.69) is 0 Å². The van der Waals surface area contributed by atoms with Gasteiger partial charge in [-0.1, -0.05) is 6.07 Å². The van der Waals surface area contributed by atoms with E-state index in [0.717, 1.165) is 0 Å². The molecule has 0 spiro atoms. The van der Waals surface area contributed by atoms with Crippen LogP contribution in [0.2, 0.25) is 0 Å². The van der Waals surface area contributed by atoms with Crippen molar-refractivity contribution >= 4 is 23.6 Å². The van der Waals surface area contributed by atoms with E-state index < -0.39 is 18.3 Å². The number of hydrogen-bond donors (Lipinski definition) is 3. The van der Waals surface area contributed by atoms with E-state index in [-0.39, 0.29) is 5.56 Å². The summed E-state index contributed by atoms with van der Waals surface area (Å²) in [4.78, 5) is 10.8. The topological polar surface area (TPSA) is 81.0 Å². The van der Waals surface area contributed by atoms with Crippen LogP contribution in [0.5, 0.6) is 0 Å². The normalized spacial score (nSPS) is 24.8. The zero-order chi connectivity index (χ0) is 11.7. The maximum atomic E-state index is 10.8. The second kappa shape index (κ2) is 4.32.